The number of anilines is 6. The second-order valence-electron chi connectivity index (χ2n) is 11.1. The predicted molar refractivity (Wildman–Crippen MR) is 188 cm³/mol. The minimum absolute atomic E-state index is 0.0403. The van der Waals surface area contributed by atoms with Crippen LogP contribution < -0.4 is 54.8 Å². The first kappa shape index (κ1) is 34.6. The number of aromatic nitrogens is 6. The van der Waals surface area contributed by atoms with Gasteiger partial charge in [0, 0.05) is 11.4 Å². The summed E-state index contributed by atoms with van der Waals surface area (Å²) in [6.07, 6.45) is 4.22. The fourth-order valence-electron chi connectivity index (χ4n) is 5.07. The number of carbonyl (C=O) groups excluding carboxylic acids is 2. The number of aliphatic imine (C=N–C) groups is 4. The van der Waals surface area contributed by atoms with E-state index in [0.29, 0.717) is 24.2 Å². The van der Waals surface area contributed by atoms with Gasteiger partial charge in [-0.2, -0.15) is 49.9 Å². The van der Waals surface area contributed by atoms with Gasteiger partial charge in [-0.05, 0) is 37.1 Å². The molecule has 22 nitrogen and oxygen atoms in total. The van der Waals surface area contributed by atoms with E-state index in [4.69, 9.17) is 34.4 Å². The molecule has 2 amide bonds. The van der Waals surface area contributed by atoms with E-state index in [2.05, 4.69) is 60.5 Å². The van der Waals surface area contributed by atoms with Gasteiger partial charge >= 0.3 is 0 Å². The van der Waals surface area contributed by atoms with Gasteiger partial charge in [-0.15, -0.1) is 0 Å². The highest BCUT2D eigenvalue weighted by Crippen LogP contribution is 2.28. The zero-order valence-electron chi connectivity index (χ0n) is 27.4. The molecule has 22 heteroatoms. The van der Waals surface area contributed by atoms with Crippen molar-refractivity contribution in [2.45, 2.75) is 64.5 Å². The molecule has 0 bridgehead atoms. The molecule has 2 atom stereocenters. The Balaban J connectivity index is 1.40. The van der Waals surface area contributed by atoms with Gasteiger partial charge in [0.1, 0.15) is 12.1 Å². The van der Waals surface area contributed by atoms with Gasteiger partial charge in [-0.1, -0.05) is 39.5 Å². The topological polar surface area (TPSA) is 348 Å². The molecule has 0 radical (unpaired) electrons. The number of benzene rings is 1. The first-order chi connectivity index (χ1) is 23.9. The summed E-state index contributed by atoms with van der Waals surface area (Å²) in [6.45, 7) is 4.02. The third-order valence-electron chi connectivity index (χ3n) is 7.31. The van der Waals surface area contributed by atoms with E-state index in [1.54, 1.807) is 24.3 Å². The van der Waals surface area contributed by atoms with E-state index in [1.807, 2.05) is 13.8 Å². The first-order valence-electron chi connectivity index (χ1n) is 15.7. The van der Waals surface area contributed by atoms with Crippen molar-refractivity contribution < 1.29 is 9.59 Å². The standard InChI is InChI=1S/C28H38N20O2/c1-3-5-7-15-17(49)37-21(33)47(15)27-43-23(41-25(45-27)39-19(29)30)35-13-9-11-14(12-10-13)36-24-42-26(40-20(31)32)46-28(44-24)48-16(8-6-4-2)18(50)38-22(48)34/h9-12,15-16H,3-8H2,1-2H3,(H2,33,37,49)(H2,34,38,50)(H5,29,30,35,39,41,43,45)(H5,31,32,36,40,42,44,46). The van der Waals surface area contributed by atoms with E-state index < -0.39 is 23.9 Å². The Morgan fingerprint density at radius 1 is 0.660 bits per heavy atom. The lowest BCUT2D eigenvalue weighted by Gasteiger charge is -2.23. The quantitative estimate of drug-likeness (QED) is 0.0803. The Morgan fingerprint density at radius 2 is 1.04 bits per heavy atom. The Bertz CT molecular complexity index is 1730. The van der Waals surface area contributed by atoms with Crippen molar-refractivity contribution in [3.05, 3.63) is 24.3 Å². The van der Waals surface area contributed by atoms with Crippen molar-refractivity contribution >= 4 is 82.7 Å². The number of unbranched alkanes of at least 4 members (excludes halogenated alkanes) is 2. The smallest absolute Gasteiger partial charge is 0.272 e. The molecule has 14 N–H and O–H groups in total. The van der Waals surface area contributed by atoms with E-state index in [9.17, 15) is 9.59 Å². The second kappa shape index (κ2) is 15.0. The lowest BCUT2D eigenvalue weighted by molar-refractivity contribution is -0.119. The van der Waals surface area contributed by atoms with Crippen LogP contribution in [-0.2, 0) is 9.59 Å². The average molecular weight is 687 g/mol. The van der Waals surface area contributed by atoms with Crippen LogP contribution in [-0.4, -0.2) is 77.6 Å². The molecular formula is C28H38N20O2. The molecule has 3 aromatic rings. The highest BCUT2D eigenvalue weighted by Gasteiger charge is 2.38. The molecular weight excluding hydrogens is 648 g/mol. The number of nitrogens with two attached hydrogens (primary N) is 6. The molecule has 2 unspecified atom stereocenters. The van der Waals surface area contributed by atoms with Crippen LogP contribution in [0, 0.1) is 0 Å². The molecule has 2 aliphatic rings. The number of carbonyl (C=O) groups is 2. The fraction of sp³-hybridized carbons (Fsp3) is 0.357. The molecule has 4 heterocycles. The van der Waals surface area contributed by atoms with Crippen molar-refractivity contribution in [3.8, 4) is 0 Å². The van der Waals surface area contributed by atoms with Crippen molar-refractivity contribution in [2.24, 2.45) is 54.4 Å². The number of nitrogens with one attached hydrogen (secondary N) is 2. The Kier molecular flexibility index (Phi) is 10.4. The Hall–Kier alpha value is -6.74. The molecule has 262 valence electrons. The zero-order chi connectivity index (χ0) is 35.9. The van der Waals surface area contributed by atoms with Crippen LogP contribution in [0.5, 0.6) is 0 Å². The van der Waals surface area contributed by atoms with Crippen molar-refractivity contribution in [1.82, 2.24) is 29.9 Å². The number of rotatable bonds is 14. The van der Waals surface area contributed by atoms with Crippen LogP contribution in [0.15, 0.2) is 44.2 Å². The van der Waals surface area contributed by atoms with Crippen LogP contribution in [0.1, 0.15) is 52.4 Å². The maximum absolute atomic E-state index is 12.6. The van der Waals surface area contributed by atoms with Gasteiger partial charge in [0.05, 0.1) is 0 Å². The lowest BCUT2D eigenvalue weighted by atomic mass is 10.1. The summed E-state index contributed by atoms with van der Waals surface area (Å²) in [5.74, 6) is -1.45. The van der Waals surface area contributed by atoms with Gasteiger partial charge < -0.3 is 45.0 Å². The van der Waals surface area contributed by atoms with E-state index in [-0.39, 0.29) is 59.5 Å². The lowest BCUT2D eigenvalue weighted by Crippen LogP contribution is -2.43. The average Bonchev–Trinajstić information content (AvgIpc) is 3.50. The van der Waals surface area contributed by atoms with Crippen LogP contribution >= 0.6 is 0 Å². The van der Waals surface area contributed by atoms with Crippen LogP contribution in [0.2, 0.25) is 0 Å². The summed E-state index contributed by atoms with van der Waals surface area (Å²) >= 11 is 0. The first-order valence-corrected chi connectivity index (χ1v) is 15.7. The monoisotopic (exact) mass is 686 g/mol. The van der Waals surface area contributed by atoms with Gasteiger partial charge in [0.2, 0.25) is 35.7 Å². The molecule has 1 aromatic carbocycles. The summed E-state index contributed by atoms with van der Waals surface area (Å²) in [5, 5.41) is 6.16. The normalized spacial score (nSPS) is 17.0. The fourth-order valence-corrected chi connectivity index (χ4v) is 5.07. The third kappa shape index (κ3) is 8.03. The predicted octanol–water partition coefficient (Wildman–Crippen LogP) is -0.206. The van der Waals surface area contributed by atoms with Crippen LogP contribution in [0.4, 0.5) is 47.1 Å². The van der Waals surface area contributed by atoms with Crippen LogP contribution in [0.25, 0.3) is 0 Å². The molecule has 0 saturated heterocycles. The van der Waals surface area contributed by atoms with E-state index in [1.165, 1.54) is 9.80 Å². The minimum Gasteiger partial charge on any atom is -0.370 e. The summed E-state index contributed by atoms with van der Waals surface area (Å²) in [6, 6.07) is 5.51. The third-order valence-corrected chi connectivity index (χ3v) is 7.31. The highest BCUT2D eigenvalue weighted by atomic mass is 16.2. The van der Waals surface area contributed by atoms with Crippen LogP contribution in [0.3, 0.4) is 0 Å². The van der Waals surface area contributed by atoms with Gasteiger partial charge in [0.25, 0.3) is 23.7 Å². The Morgan fingerprint density at radius 3 is 1.38 bits per heavy atom. The van der Waals surface area contributed by atoms with Crippen molar-refractivity contribution in [2.75, 3.05) is 20.4 Å². The number of hydrogen-bond donors (Lipinski definition) is 8. The second-order valence-corrected chi connectivity index (χ2v) is 11.1. The molecule has 0 saturated carbocycles. The number of nitrogens with zero attached hydrogens (tertiary/aromatic N) is 12. The molecule has 50 heavy (non-hydrogen) atoms. The Labute approximate surface area is 285 Å². The molecule has 2 aromatic heterocycles. The molecule has 0 spiro atoms. The SMILES string of the molecule is CCCCC1C(=O)N=C(N)N1c1nc(N=C(N)N)nc(Nc2ccc(Nc3nc(N=C(N)N)nc(N4C(N)=NC(=O)C4CCCC)n3)cc2)n1. The molecule has 5 rings (SSSR count). The largest absolute Gasteiger partial charge is 0.370 e. The summed E-state index contributed by atoms with van der Waals surface area (Å²) in [7, 11) is 0. The maximum atomic E-state index is 12.6. The van der Waals surface area contributed by atoms with Gasteiger partial charge in [0.15, 0.2) is 11.9 Å². The summed E-state index contributed by atoms with van der Waals surface area (Å²) in [4.78, 5) is 69.9. The van der Waals surface area contributed by atoms with Crippen molar-refractivity contribution in [3.63, 3.8) is 0 Å². The molecule has 2 aliphatic heterocycles. The molecule has 0 aliphatic carbocycles. The van der Waals surface area contributed by atoms with Crippen molar-refractivity contribution in [1.29, 1.82) is 0 Å². The highest BCUT2D eigenvalue weighted by molar-refractivity contribution is 6.12. The summed E-state index contributed by atoms with van der Waals surface area (Å²) in [5.41, 5.74) is 35.7. The van der Waals surface area contributed by atoms with Gasteiger partial charge in [-0.25, -0.2) is 0 Å². The minimum atomic E-state index is -0.678. The number of amides is 2. The number of hydrogen-bond acceptors (Lipinski definition) is 16. The van der Waals surface area contributed by atoms with Gasteiger partial charge in [-0.3, -0.25) is 19.4 Å². The number of guanidine groups is 4. The maximum Gasteiger partial charge on any atom is 0.272 e. The summed E-state index contributed by atoms with van der Waals surface area (Å²) < 4.78 is 0. The zero-order valence-corrected chi connectivity index (χ0v) is 27.4. The van der Waals surface area contributed by atoms with E-state index >= 15 is 0 Å². The molecule has 0 fully saturated rings. The van der Waals surface area contributed by atoms with E-state index in [0.717, 1.165) is 25.7 Å².